The Morgan fingerprint density at radius 3 is 2.54 bits per heavy atom. The third-order valence-electron chi connectivity index (χ3n) is 4.45. The van der Waals surface area contributed by atoms with Gasteiger partial charge in [0.25, 0.3) is 0 Å². The van der Waals surface area contributed by atoms with Gasteiger partial charge in [-0.2, -0.15) is 4.31 Å². The monoisotopic (exact) mass is 404 g/mol. The van der Waals surface area contributed by atoms with E-state index in [0.717, 1.165) is 6.42 Å². The van der Waals surface area contributed by atoms with Gasteiger partial charge in [0.1, 0.15) is 10.6 Å². The molecule has 0 unspecified atom stereocenters. The zero-order valence-corrected chi connectivity index (χ0v) is 16.4. The summed E-state index contributed by atoms with van der Waals surface area (Å²) in [6, 6.07) is 4.56. The van der Waals surface area contributed by atoms with E-state index >= 15 is 0 Å². The van der Waals surface area contributed by atoms with E-state index < -0.39 is 20.0 Å². The molecule has 2 heterocycles. The predicted octanol–water partition coefficient (Wildman–Crippen LogP) is 1.04. The van der Waals surface area contributed by atoms with Gasteiger partial charge in [0.05, 0.1) is 31.3 Å². The van der Waals surface area contributed by atoms with Crippen LogP contribution in [0, 0.1) is 0 Å². The van der Waals surface area contributed by atoms with Crippen molar-refractivity contribution in [1.29, 1.82) is 0 Å². The first-order valence-electron chi connectivity index (χ1n) is 8.71. The molecule has 0 aliphatic carbocycles. The molecule has 0 spiro atoms. The molecule has 0 saturated carbocycles. The highest BCUT2D eigenvalue weighted by Gasteiger charge is 2.32. The number of ether oxygens (including phenoxy) is 2. The summed E-state index contributed by atoms with van der Waals surface area (Å²) in [6.45, 7) is 3.64. The second-order valence-corrected chi connectivity index (χ2v) is 10.1. The first-order valence-corrected chi connectivity index (χ1v) is 11.8. The number of rotatable bonds is 5. The Morgan fingerprint density at radius 2 is 1.88 bits per heavy atom. The summed E-state index contributed by atoms with van der Waals surface area (Å²) in [5.74, 6) is 0.309. The first-order chi connectivity index (χ1) is 12.4. The number of hydrogen-bond acceptors (Lipinski definition) is 6. The molecule has 0 atom stereocenters. The van der Waals surface area contributed by atoms with Crippen molar-refractivity contribution in [2.75, 3.05) is 49.5 Å². The summed E-state index contributed by atoms with van der Waals surface area (Å²) in [5.41, 5.74) is 0.361. The van der Waals surface area contributed by atoms with Crippen molar-refractivity contribution >= 4 is 25.7 Å². The molecule has 1 aromatic carbocycles. The second-order valence-electron chi connectivity index (χ2n) is 6.18. The summed E-state index contributed by atoms with van der Waals surface area (Å²) < 4.78 is 64.3. The predicted molar refractivity (Wildman–Crippen MR) is 97.6 cm³/mol. The molecule has 0 radical (unpaired) electrons. The number of anilines is 1. The lowest BCUT2D eigenvalue weighted by Crippen LogP contribution is -2.41. The lowest BCUT2D eigenvalue weighted by atomic mass is 10.2. The molecule has 8 nitrogen and oxygen atoms in total. The summed E-state index contributed by atoms with van der Waals surface area (Å²) in [5, 5.41) is 0. The van der Waals surface area contributed by atoms with E-state index in [0.29, 0.717) is 38.5 Å². The highest BCUT2D eigenvalue weighted by Crippen LogP contribution is 2.33. The summed E-state index contributed by atoms with van der Waals surface area (Å²) in [6.07, 6.45) is 1.37. The molecule has 146 valence electrons. The molecule has 2 fully saturated rings. The second kappa shape index (κ2) is 7.71. The highest BCUT2D eigenvalue weighted by atomic mass is 32.2. The molecule has 2 saturated heterocycles. The van der Waals surface area contributed by atoms with Crippen LogP contribution in [0.2, 0.25) is 0 Å². The zero-order valence-electron chi connectivity index (χ0n) is 14.8. The van der Waals surface area contributed by atoms with E-state index in [-0.39, 0.29) is 29.5 Å². The van der Waals surface area contributed by atoms with Crippen LogP contribution in [0.5, 0.6) is 5.75 Å². The number of morpholine rings is 1. The fourth-order valence-corrected chi connectivity index (χ4v) is 6.32. The molecule has 3 rings (SSSR count). The lowest BCUT2D eigenvalue weighted by Gasteiger charge is -2.30. The summed E-state index contributed by atoms with van der Waals surface area (Å²) in [7, 11) is -7.23. The van der Waals surface area contributed by atoms with E-state index in [4.69, 9.17) is 9.47 Å². The van der Waals surface area contributed by atoms with Crippen molar-refractivity contribution in [3.05, 3.63) is 18.2 Å². The van der Waals surface area contributed by atoms with Gasteiger partial charge in [0.15, 0.2) is 0 Å². The maximum absolute atomic E-state index is 13.1. The standard InChI is InChI=1S/C16H24N2O6S2/c1-2-24-15-6-5-14(18-7-3-4-12-25(18,19)20)13-16(15)26(21,22)17-8-10-23-11-9-17/h5-6,13H,2-4,7-12H2,1H3. The van der Waals surface area contributed by atoms with Crippen LogP contribution in [0.15, 0.2) is 23.1 Å². The minimum absolute atomic E-state index is 0.000441. The van der Waals surface area contributed by atoms with Crippen molar-refractivity contribution in [3.8, 4) is 5.75 Å². The largest absolute Gasteiger partial charge is 0.492 e. The fourth-order valence-electron chi connectivity index (χ4n) is 3.13. The van der Waals surface area contributed by atoms with Gasteiger partial charge < -0.3 is 9.47 Å². The van der Waals surface area contributed by atoms with Gasteiger partial charge >= 0.3 is 0 Å². The van der Waals surface area contributed by atoms with Gasteiger partial charge in [-0.05, 0) is 38.0 Å². The number of sulfonamides is 2. The van der Waals surface area contributed by atoms with Crippen molar-refractivity contribution in [2.45, 2.75) is 24.7 Å². The molecule has 26 heavy (non-hydrogen) atoms. The van der Waals surface area contributed by atoms with Crippen LogP contribution in [0.4, 0.5) is 5.69 Å². The molecule has 0 N–H and O–H groups in total. The molecular weight excluding hydrogens is 380 g/mol. The SMILES string of the molecule is CCOc1ccc(N2CCCCS2(=O)=O)cc1S(=O)(=O)N1CCOCC1. The molecular formula is C16H24N2O6S2. The molecule has 0 aromatic heterocycles. The zero-order chi connectivity index (χ0) is 18.8. The van der Waals surface area contributed by atoms with Crippen LogP contribution in [0.1, 0.15) is 19.8 Å². The molecule has 2 aliphatic heterocycles. The smallest absolute Gasteiger partial charge is 0.246 e. The van der Waals surface area contributed by atoms with Crippen LogP contribution in [0.3, 0.4) is 0 Å². The Bertz CT molecular complexity index is 847. The topological polar surface area (TPSA) is 93.2 Å². The molecule has 0 amide bonds. The normalized spacial score (nSPS) is 21.5. The van der Waals surface area contributed by atoms with Crippen molar-refractivity contribution in [1.82, 2.24) is 4.31 Å². The van der Waals surface area contributed by atoms with Crippen molar-refractivity contribution in [2.24, 2.45) is 0 Å². The van der Waals surface area contributed by atoms with E-state index in [1.165, 1.54) is 20.7 Å². The van der Waals surface area contributed by atoms with Gasteiger partial charge in [-0.3, -0.25) is 4.31 Å². The fraction of sp³-hybridized carbons (Fsp3) is 0.625. The highest BCUT2D eigenvalue weighted by molar-refractivity contribution is 7.92. The van der Waals surface area contributed by atoms with Crippen LogP contribution in [-0.2, 0) is 24.8 Å². The van der Waals surface area contributed by atoms with Gasteiger partial charge in [-0.1, -0.05) is 0 Å². The van der Waals surface area contributed by atoms with Gasteiger partial charge in [0, 0.05) is 19.6 Å². The summed E-state index contributed by atoms with van der Waals surface area (Å²) in [4.78, 5) is -0.000441. The average molecular weight is 405 g/mol. The summed E-state index contributed by atoms with van der Waals surface area (Å²) >= 11 is 0. The Kier molecular flexibility index (Phi) is 5.75. The van der Waals surface area contributed by atoms with Gasteiger partial charge in [-0.15, -0.1) is 0 Å². The number of benzene rings is 1. The third kappa shape index (κ3) is 3.83. The van der Waals surface area contributed by atoms with E-state index in [2.05, 4.69) is 0 Å². The minimum Gasteiger partial charge on any atom is -0.492 e. The van der Waals surface area contributed by atoms with Crippen LogP contribution in [0.25, 0.3) is 0 Å². The van der Waals surface area contributed by atoms with Crippen molar-refractivity contribution in [3.63, 3.8) is 0 Å². The lowest BCUT2D eigenvalue weighted by molar-refractivity contribution is 0.0729. The van der Waals surface area contributed by atoms with E-state index in [1.807, 2.05) is 0 Å². The number of hydrogen-bond donors (Lipinski definition) is 0. The van der Waals surface area contributed by atoms with Crippen LogP contribution >= 0.6 is 0 Å². The van der Waals surface area contributed by atoms with Gasteiger partial charge in [-0.25, -0.2) is 16.8 Å². The van der Waals surface area contributed by atoms with E-state index in [9.17, 15) is 16.8 Å². The maximum Gasteiger partial charge on any atom is 0.246 e. The average Bonchev–Trinajstić information content (AvgIpc) is 2.63. The Morgan fingerprint density at radius 1 is 1.15 bits per heavy atom. The Labute approximate surface area is 154 Å². The molecule has 1 aromatic rings. The van der Waals surface area contributed by atoms with Crippen molar-refractivity contribution < 1.29 is 26.3 Å². The molecule has 2 aliphatic rings. The van der Waals surface area contributed by atoms with Gasteiger partial charge in [0.2, 0.25) is 20.0 Å². The first kappa shape index (κ1) is 19.4. The Balaban J connectivity index is 2.04. The molecule has 10 heteroatoms. The molecule has 0 bridgehead atoms. The third-order valence-corrected chi connectivity index (χ3v) is 8.24. The van der Waals surface area contributed by atoms with E-state index in [1.54, 1.807) is 13.0 Å². The number of nitrogens with zero attached hydrogens (tertiary/aromatic N) is 2. The minimum atomic E-state index is -3.81. The van der Waals surface area contributed by atoms with Crippen LogP contribution < -0.4 is 9.04 Å². The van der Waals surface area contributed by atoms with Crippen LogP contribution in [-0.4, -0.2) is 66.3 Å². The maximum atomic E-state index is 13.1. The quantitative estimate of drug-likeness (QED) is 0.728. The Hall–Kier alpha value is -1.36.